The molecule has 0 atom stereocenters. The van der Waals surface area contributed by atoms with Crippen LogP contribution in [0.15, 0.2) is 16.5 Å². The van der Waals surface area contributed by atoms with Gasteiger partial charge in [0.05, 0.1) is 13.7 Å². The lowest BCUT2D eigenvalue weighted by molar-refractivity contribution is 0.0695. The van der Waals surface area contributed by atoms with Crippen LogP contribution in [0.3, 0.4) is 0 Å². The Morgan fingerprint density at radius 2 is 2.15 bits per heavy atom. The Balaban J connectivity index is 2.10. The van der Waals surface area contributed by atoms with Crippen LogP contribution in [0.4, 0.5) is 5.95 Å². The number of ether oxygens (including phenoxy) is 1. The quantitative estimate of drug-likeness (QED) is 0.862. The van der Waals surface area contributed by atoms with Crippen molar-refractivity contribution in [3.8, 4) is 5.88 Å². The Kier molecular flexibility index (Phi) is 3.88. The van der Waals surface area contributed by atoms with Gasteiger partial charge in [0, 0.05) is 11.8 Å². The van der Waals surface area contributed by atoms with Gasteiger partial charge in [-0.15, -0.1) is 0 Å². The molecule has 0 aliphatic carbocycles. The number of carboxylic acids is 1. The van der Waals surface area contributed by atoms with Crippen LogP contribution in [0.25, 0.3) is 0 Å². The van der Waals surface area contributed by atoms with E-state index in [1.54, 1.807) is 13.0 Å². The molecule has 2 heterocycles. The zero-order valence-corrected chi connectivity index (χ0v) is 11.4. The average molecular weight is 277 g/mol. The van der Waals surface area contributed by atoms with Crippen molar-refractivity contribution in [3.05, 3.63) is 34.9 Å². The minimum absolute atomic E-state index is 0.157. The van der Waals surface area contributed by atoms with Gasteiger partial charge in [0.15, 0.2) is 0 Å². The van der Waals surface area contributed by atoms with Gasteiger partial charge in [-0.25, -0.2) is 9.78 Å². The Bertz CT molecular complexity index is 637. The van der Waals surface area contributed by atoms with Crippen molar-refractivity contribution in [2.45, 2.75) is 20.4 Å². The third-order valence-corrected chi connectivity index (χ3v) is 2.66. The predicted octanol–water partition coefficient (Wildman–Crippen LogP) is 2.01. The van der Waals surface area contributed by atoms with E-state index < -0.39 is 5.97 Å². The molecule has 0 saturated carbocycles. The Labute approximate surface area is 115 Å². The van der Waals surface area contributed by atoms with E-state index in [0.717, 1.165) is 5.69 Å². The van der Waals surface area contributed by atoms with Crippen LogP contribution < -0.4 is 10.1 Å². The normalized spacial score (nSPS) is 10.3. The fourth-order valence-corrected chi connectivity index (χ4v) is 1.73. The van der Waals surface area contributed by atoms with E-state index in [1.807, 2.05) is 6.92 Å². The molecule has 7 nitrogen and oxygen atoms in total. The van der Waals surface area contributed by atoms with Gasteiger partial charge >= 0.3 is 5.97 Å². The van der Waals surface area contributed by atoms with Crippen molar-refractivity contribution < 1.29 is 19.1 Å². The number of hydrogen-bond donors (Lipinski definition) is 2. The number of hydrogen-bond acceptors (Lipinski definition) is 6. The largest absolute Gasteiger partial charge is 0.481 e. The third kappa shape index (κ3) is 3.05. The summed E-state index contributed by atoms with van der Waals surface area (Å²) < 4.78 is 10.4. The molecule has 0 aliphatic rings. The van der Waals surface area contributed by atoms with E-state index in [0.29, 0.717) is 29.9 Å². The zero-order chi connectivity index (χ0) is 14.7. The highest BCUT2D eigenvalue weighted by Crippen LogP contribution is 2.16. The molecular weight excluding hydrogens is 262 g/mol. The topological polar surface area (TPSA) is 97.5 Å². The van der Waals surface area contributed by atoms with Crippen molar-refractivity contribution in [2.24, 2.45) is 0 Å². The van der Waals surface area contributed by atoms with Gasteiger partial charge < -0.3 is 19.6 Å². The lowest BCUT2D eigenvalue weighted by Gasteiger charge is -2.05. The Hall–Kier alpha value is -2.57. The fraction of sp³-hybridized carbons (Fsp3) is 0.308. The van der Waals surface area contributed by atoms with Crippen molar-refractivity contribution >= 4 is 11.9 Å². The molecule has 0 fully saturated rings. The number of carboxylic acid groups (broad SMARTS) is 1. The van der Waals surface area contributed by atoms with Gasteiger partial charge in [-0.1, -0.05) is 0 Å². The lowest BCUT2D eigenvalue weighted by atomic mass is 10.2. The summed E-state index contributed by atoms with van der Waals surface area (Å²) in [4.78, 5) is 19.2. The predicted molar refractivity (Wildman–Crippen MR) is 71.1 cm³/mol. The maximum Gasteiger partial charge on any atom is 0.339 e. The molecule has 0 bridgehead atoms. The summed E-state index contributed by atoms with van der Waals surface area (Å²) in [5, 5.41) is 11.9. The van der Waals surface area contributed by atoms with Crippen LogP contribution in [-0.2, 0) is 6.54 Å². The first-order chi connectivity index (χ1) is 9.49. The average Bonchev–Trinajstić information content (AvgIpc) is 2.77. The molecule has 2 aromatic rings. The molecule has 2 rings (SSSR count). The summed E-state index contributed by atoms with van der Waals surface area (Å²) >= 11 is 0. The highest BCUT2D eigenvalue weighted by atomic mass is 16.5. The molecule has 0 saturated heterocycles. The van der Waals surface area contributed by atoms with E-state index >= 15 is 0 Å². The van der Waals surface area contributed by atoms with Crippen LogP contribution in [0.1, 0.15) is 27.6 Å². The summed E-state index contributed by atoms with van der Waals surface area (Å²) in [5.41, 5.74) is 0.922. The van der Waals surface area contributed by atoms with Crippen LogP contribution in [0.2, 0.25) is 0 Å². The monoisotopic (exact) mass is 277 g/mol. The van der Waals surface area contributed by atoms with Gasteiger partial charge in [-0.2, -0.15) is 4.98 Å². The summed E-state index contributed by atoms with van der Waals surface area (Å²) in [6.07, 6.45) is 0. The van der Waals surface area contributed by atoms with Crippen molar-refractivity contribution in [1.29, 1.82) is 0 Å². The second kappa shape index (κ2) is 5.60. The lowest BCUT2D eigenvalue weighted by Crippen LogP contribution is -2.05. The summed E-state index contributed by atoms with van der Waals surface area (Å²) in [7, 11) is 1.53. The van der Waals surface area contributed by atoms with E-state index in [2.05, 4.69) is 15.3 Å². The smallest absolute Gasteiger partial charge is 0.339 e. The standard InChI is InChI=1S/C13H15N3O4/c1-7-4-11(19-3)16-13(15-7)14-6-9-5-10(12(17)18)8(2)20-9/h4-5H,6H2,1-3H3,(H,17,18)(H,14,15,16). The number of carbonyl (C=O) groups is 1. The maximum atomic E-state index is 10.9. The summed E-state index contributed by atoms with van der Waals surface area (Å²) in [5.74, 6) is 0.724. The molecule has 0 aromatic carbocycles. The SMILES string of the molecule is COc1cc(C)nc(NCc2cc(C(=O)O)c(C)o2)n1. The van der Waals surface area contributed by atoms with Gasteiger partial charge in [0.1, 0.15) is 17.1 Å². The van der Waals surface area contributed by atoms with E-state index in [1.165, 1.54) is 13.2 Å². The molecule has 20 heavy (non-hydrogen) atoms. The highest BCUT2D eigenvalue weighted by Gasteiger charge is 2.13. The van der Waals surface area contributed by atoms with Gasteiger partial charge in [0.2, 0.25) is 11.8 Å². The minimum Gasteiger partial charge on any atom is -0.481 e. The second-order valence-electron chi connectivity index (χ2n) is 4.22. The first kappa shape index (κ1) is 13.9. The molecule has 0 amide bonds. The second-order valence-corrected chi connectivity index (χ2v) is 4.22. The number of rotatable bonds is 5. The minimum atomic E-state index is -1.01. The molecule has 0 spiro atoms. The molecule has 7 heteroatoms. The van der Waals surface area contributed by atoms with E-state index in [-0.39, 0.29) is 5.56 Å². The van der Waals surface area contributed by atoms with Crippen molar-refractivity contribution in [1.82, 2.24) is 9.97 Å². The summed E-state index contributed by atoms with van der Waals surface area (Å²) in [6.45, 7) is 3.73. The van der Waals surface area contributed by atoms with Crippen LogP contribution >= 0.6 is 0 Å². The first-order valence-corrected chi connectivity index (χ1v) is 5.95. The van der Waals surface area contributed by atoms with Gasteiger partial charge in [0.25, 0.3) is 0 Å². The van der Waals surface area contributed by atoms with Gasteiger partial charge in [-0.3, -0.25) is 0 Å². The molecule has 2 aromatic heterocycles. The Morgan fingerprint density at radius 1 is 1.40 bits per heavy atom. The van der Waals surface area contributed by atoms with E-state index in [4.69, 9.17) is 14.3 Å². The van der Waals surface area contributed by atoms with Crippen LogP contribution in [-0.4, -0.2) is 28.2 Å². The van der Waals surface area contributed by atoms with Crippen molar-refractivity contribution in [2.75, 3.05) is 12.4 Å². The fourth-order valence-electron chi connectivity index (χ4n) is 1.73. The number of nitrogens with one attached hydrogen (secondary N) is 1. The molecule has 0 unspecified atom stereocenters. The van der Waals surface area contributed by atoms with Crippen molar-refractivity contribution in [3.63, 3.8) is 0 Å². The van der Waals surface area contributed by atoms with Crippen LogP contribution in [0, 0.1) is 13.8 Å². The number of anilines is 1. The highest BCUT2D eigenvalue weighted by molar-refractivity contribution is 5.88. The molecular formula is C13H15N3O4. The maximum absolute atomic E-state index is 10.9. The molecule has 2 N–H and O–H groups in total. The molecule has 106 valence electrons. The number of aromatic nitrogens is 2. The van der Waals surface area contributed by atoms with Gasteiger partial charge in [-0.05, 0) is 19.9 Å². The molecule has 0 aliphatic heterocycles. The summed E-state index contributed by atoms with van der Waals surface area (Å²) in [6, 6.07) is 3.20. The number of aryl methyl sites for hydroxylation is 2. The molecule has 0 radical (unpaired) electrons. The van der Waals surface area contributed by atoms with E-state index in [9.17, 15) is 4.79 Å². The van der Waals surface area contributed by atoms with Crippen LogP contribution in [0.5, 0.6) is 5.88 Å². The number of aromatic carboxylic acids is 1. The number of nitrogens with zero attached hydrogens (tertiary/aromatic N) is 2. The third-order valence-electron chi connectivity index (χ3n) is 2.66. The Morgan fingerprint density at radius 3 is 2.75 bits per heavy atom. The number of methoxy groups -OCH3 is 1. The first-order valence-electron chi connectivity index (χ1n) is 5.95. The number of furan rings is 1. The zero-order valence-electron chi connectivity index (χ0n) is 11.4.